The highest BCUT2D eigenvalue weighted by atomic mass is 79.9. The van der Waals surface area contributed by atoms with Crippen LogP contribution in [-0.2, 0) is 0 Å². The van der Waals surface area contributed by atoms with Gasteiger partial charge in [-0.15, -0.1) is 0 Å². The van der Waals surface area contributed by atoms with Gasteiger partial charge in [0.1, 0.15) is 0 Å². The van der Waals surface area contributed by atoms with Crippen LogP contribution >= 0.6 is 15.9 Å². The zero-order valence-electron chi connectivity index (χ0n) is 9.98. The van der Waals surface area contributed by atoms with Crippen LogP contribution in [0.4, 0.5) is 5.82 Å². The number of ether oxygens (including phenoxy) is 1. The number of hydrogen-bond acceptors (Lipinski definition) is 4. The van der Waals surface area contributed by atoms with Crippen LogP contribution in [0.2, 0.25) is 0 Å². The Balaban J connectivity index is 2.65. The maximum absolute atomic E-state index is 5.44. The Kier molecular flexibility index (Phi) is 5.52. The summed E-state index contributed by atoms with van der Waals surface area (Å²) in [6.07, 6.45) is 4.36. The molecule has 1 heterocycles. The molecule has 1 unspecified atom stereocenters. The molecule has 0 N–H and O–H groups in total. The van der Waals surface area contributed by atoms with Gasteiger partial charge in [-0.2, -0.15) is 4.98 Å². The fourth-order valence-electron chi connectivity index (χ4n) is 1.27. The minimum Gasteiger partial charge on any atom is -0.477 e. The van der Waals surface area contributed by atoms with Crippen molar-refractivity contribution in [2.24, 2.45) is 0 Å². The number of rotatable bonds is 6. The maximum atomic E-state index is 5.44. The first-order valence-corrected chi connectivity index (χ1v) is 6.35. The normalized spacial score (nSPS) is 12.2. The van der Waals surface area contributed by atoms with Crippen molar-refractivity contribution in [2.75, 3.05) is 25.1 Å². The largest absolute Gasteiger partial charge is 0.477 e. The molecule has 90 valence electrons. The maximum Gasteiger partial charge on any atom is 0.234 e. The molecule has 0 saturated carbocycles. The van der Waals surface area contributed by atoms with Crippen molar-refractivity contribution in [3.8, 4) is 5.88 Å². The molecule has 0 aromatic carbocycles. The molecule has 5 heteroatoms. The summed E-state index contributed by atoms with van der Waals surface area (Å²) in [7, 11) is 1.99. The topological polar surface area (TPSA) is 38.2 Å². The SMILES string of the molecule is CCCOc1cncc(N(C)CC(C)Br)n1. The zero-order chi connectivity index (χ0) is 12.0. The van der Waals surface area contributed by atoms with Gasteiger partial charge in [0.2, 0.25) is 5.88 Å². The van der Waals surface area contributed by atoms with Gasteiger partial charge in [0.05, 0.1) is 19.0 Å². The second kappa shape index (κ2) is 6.68. The smallest absolute Gasteiger partial charge is 0.234 e. The summed E-state index contributed by atoms with van der Waals surface area (Å²) in [6, 6.07) is 0. The van der Waals surface area contributed by atoms with Crippen molar-refractivity contribution in [1.29, 1.82) is 0 Å². The highest BCUT2D eigenvalue weighted by Crippen LogP contribution is 2.14. The summed E-state index contributed by atoms with van der Waals surface area (Å²) in [4.78, 5) is 11.0. The first-order valence-electron chi connectivity index (χ1n) is 5.43. The Morgan fingerprint density at radius 1 is 1.50 bits per heavy atom. The third-order valence-electron chi connectivity index (χ3n) is 1.97. The monoisotopic (exact) mass is 287 g/mol. The minimum atomic E-state index is 0.416. The summed E-state index contributed by atoms with van der Waals surface area (Å²) in [5.41, 5.74) is 0. The molecule has 0 amide bonds. The van der Waals surface area contributed by atoms with E-state index in [0.717, 1.165) is 18.8 Å². The van der Waals surface area contributed by atoms with Crippen molar-refractivity contribution in [2.45, 2.75) is 25.1 Å². The van der Waals surface area contributed by atoms with Crippen LogP contribution in [-0.4, -0.2) is 35.0 Å². The summed E-state index contributed by atoms with van der Waals surface area (Å²) < 4.78 is 5.44. The molecule has 1 aromatic heterocycles. The summed E-state index contributed by atoms with van der Waals surface area (Å²) in [6.45, 7) is 5.72. The molecule has 0 aliphatic heterocycles. The Hall–Kier alpha value is -0.840. The molecule has 0 radical (unpaired) electrons. The predicted molar refractivity (Wildman–Crippen MR) is 69.5 cm³/mol. The molecule has 0 spiro atoms. The van der Waals surface area contributed by atoms with Gasteiger partial charge in [-0.25, -0.2) is 0 Å². The molecule has 1 atom stereocenters. The molecule has 0 bridgehead atoms. The third-order valence-corrected chi connectivity index (χ3v) is 2.26. The molecular weight excluding hydrogens is 270 g/mol. The van der Waals surface area contributed by atoms with E-state index in [-0.39, 0.29) is 0 Å². The molecule has 16 heavy (non-hydrogen) atoms. The lowest BCUT2D eigenvalue weighted by molar-refractivity contribution is 0.304. The van der Waals surface area contributed by atoms with Gasteiger partial charge >= 0.3 is 0 Å². The fraction of sp³-hybridized carbons (Fsp3) is 0.636. The van der Waals surface area contributed by atoms with E-state index in [0.29, 0.717) is 17.3 Å². The van der Waals surface area contributed by atoms with Gasteiger partial charge in [0.15, 0.2) is 5.82 Å². The molecule has 4 nitrogen and oxygen atoms in total. The lowest BCUT2D eigenvalue weighted by atomic mass is 10.4. The minimum absolute atomic E-state index is 0.416. The standard InChI is InChI=1S/C11H18BrN3O/c1-4-5-16-11-7-13-6-10(14-11)15(3)8-9(2)12/h6-7,9H,4-5,8H2,1-3H3. The third kappa shape index (κ3) is 4.35. The first kappa shape index (κ1) is 13.2. The van der Waals surface area contributed by atoms with Crippen LogP contribution in [0.25, 0.3) is 0 Å². The summed E-state index contributed by atoms with van der Waals surface area (Å²) in [5.74, 6) is 1.42. The zero-order valence-corrected chi connectivity index (χ0v) is 11.6. The van der Waals surface area contributed by atoms with Crippen molar-refractivity contribution < 1.29 is 4.74 Å². The van der Waals surface area contributed by atoms with Crippen LogP contribution < -0.4 is 9.64 Å². The van der Waals surface area contributed by atoms with Crippen LogP contribution in [0.5, 0.6) is 5.88 Å². The van der Waals surface area contributed by atoms with Crippen LogP contribution in [0, 0.1) is 0 Å². The van der Waals surface area contributed by atoms with Crippen molar-refractivity contribution in [3.63, 3.8) is 0 Å². The van der Waals surface area contributed by atoms with Gasteiger partial charge in [-0.3, -0.25) is 4.98 Å². The number of halogens is 1. The Morgan fingerprint density at radius 3 is 2.88 bits per heavy atom. The molecule has 0 aliphatic rings. The highest BCUT2D eigenvalue weighted by molar-refractivity contribution is 9.09. The van der Waals surface area contributed by atoms with Crippen molar-refractivity contribution in [3.05, 3.63) is 12.4 Å². The van der Waals surface area contributed by atoms with E-state index in [1.165, 1.54) is 0 Å². The fourth-order valence-corrected chi connectivity index (χ4v) is 1.70. The second-order valence-corrected chi connectivity index (χ2v) is 5.29. The molecule has 0 fully saturated rings. The molecular formula is C11H18BrN3O. The molecule has 0 aliphatic carbocycles. The summed E-state index contributed by atoms with van der Waals surface area (Å²) >= 11 is 3.51. The van der Waals surface area contributed by atoms with E-state index >= 15 is 0 Å². The number of aromatic nitrogens is 2. The van der Waals surface area contributed by atoms with Gasteiger partial charge in [0, 0.05) is 18.4 Å². The Bertz CT molecular complexity index is 320. The van der Waals surface area contributed by atoms with E-state index in [4.69, 9.17) is 4.74 Å². The van der Waals surface area contributed by atoms with E-state index in [2.05, 4.69) is 39.7 Å². The quantitative estimate of drug-likeness (QED) is 0.754. The van der Waals surface area contributed by atoms with Crippen LogP contribution in [0.1, 0.15) is 20.3 Å². The number of nitrogens with zero attached hydrogens (tertiary/aromatic N) is 3. The number of hydrogen-bond donors (Lipinski definition) is 0. The van der Waals surface area contributed by atoms with Crippen molar-refractivity contribution >= 4 is 21.7 Å². The van der Waals surface area contributed by atoms with Crippen LogP contribution in [0.15, 0.2) is 12.4 Å². The van der Waals surface area contributed by atoms with E-state index in [9.17, 15) is 0 Å². The Morgan fingerprint density at radius 2 is 2.25 bits per heavy atom. The average molecular weight is 288 g/mol. The van der Waals surface area contributed by atoms with Gasteiger partial charge < -0.3 is 9.64 Å². The average Bonchev–Trinajstić information content (AvgIpc) is 2.26. The van der Waals surface area contributed by atoms with Crippen molar-refractivity contribution in [1.82, 2.24) is 9.97 Å². The van der Waals surface area contributed by atoms with Gasteiger partial charge in [-0.1, -0.05) is 29.8 Å². The van der Waals surface area contributed by atoms with Gasteiger partial charge in [-0.05, 0) is 6.42 Å². The van der Waals surface area contributed by atoms with E-state index < -0.39 is 0 Å². The predicted octanol–water partition coefficient (Wildman–Crippen LogP) is 2.49. The number of alkyl halides is 1. The van der Waals surface area contributed by atoms with Crippen LogP contribution in [0.3, 0.4) is 0 Å². The lowest BCUT2D eigenvalue weighted by Crippen LogP contribution is -2.25. The second-order valence-electron chi connectivity index (χ2n) is 3.73. The van der Waals surface area contributed by atoms with E-state index in [1.54, 1.807) is 12.4 Å². The molecule has 1 aromatic rings. The first-order chi connectivity index (χ1) is 7.63. The van der Waals surface area contributed by atoms with E-state index in [1.807, 2.05) is 11.9 Å². The summed E-state index contributed by atoms with van der Waals surface area (Å²) in [5, 5.41) is 0. The Labute approximate surface area is 105 Å². The molecule has 0 saturated heterocycles. The molecule has 1 rings (SSSR count). The highest BCUT2D eigenvalue weighted by Gasteiger charge is 2.07. The lowest BCUT2D eigenvalue weighted by Gasteiger charge is -2.19. The number of anilines is 1. The van der Waals surface area contributed by atoms with Gasteiger partial charge in [0.25, 0.3) is 0 Å².